The molecule has 24 heavy (non-hydrogen) atoms. The van der Waals surface area contributed by atoms with Gasteiger partial charge in [0.05, 0.1) is 12.5 Å². The van der Waals surface area contributed by atoms with Gasteiger partial charge in [-0.05, 0) is 31.7 Å². The van der Waals surface area contributed by atoms with Crippen LogP contribution < -0.4 is 16.4 Å². The summed E-state index contributed by atoms with van der Waals surface area (Å²) >= 11 is 0. The molecule has 1 aliphatic rings. The van der Waals surface area contributed by atoms with E-state index in [9.17, 15) is 18.4 Å². The number of carbonyl (C=O) groups is 2. The second kappa shape index (κ2) is 8.19. The van der Waals surface area contributed by atoms with Crippen LogP contribution >= 0.6 is 0 Å². The predicted molar refractivity (Wildman–Crippen MR) is 85.9 cm³/mol. The van der Waals surface area contributed by atoms with Gasteiger partial charge in [-0.15, -0.1) is 0 Å². The summed E-state index contributed by atoms with van der Waals surface area (Å²) in [4.78, 5) is 23.6. The van der Waals surface area contributed by atoms with Crippen LogP contribution in [0.15, 0.2) is 18.2 Å². The average molecular weight is 339 g/mol. The average Bonchev–Trinajstić information content (AvgIpc) is 2.48. The van der Waals surface area contributed by atoms with Crippen LogP contribution in [0.1, 0.15) is 50.6 Å². The van der Waals surface area contributed by atoms with E-state index in [0.29, 0.717) is 0 Å². The van der Waals surface area contributed by atoms with Gasteiger partial charge >= 0.3 is 0 Å². The summed E-state index contributed by atoms with van der Waals surface area (Å²) in [7, 11) is 0. The first kappa shape index (κ1) is 18.3. The van der Waals surface area contributed by atoms with E-state index < -0.39 is 17.7 Å². The molecule has 5 nitrogen and oxygen atoms in total. The Morgan fingerprint density at radius 1 is 1.25 bits per heavy atom. The summed E-state index contributed by atoms with van der Waals surface area (Å²) in [5.74, 6) is -2.16. The summed E-state index contributed by atoms with van der Waals surface area (Å²) in [6.07, 6.45) is 3.22. The number of hydrogen-bond donors (Lipinski definition) is 3. The Hall–Kier alpha value is -2.02. The van der Waals surface area contributed by atoms with Gasteiger partial charge in [-0.2, -0.15) is 0 Å². The molecule has 1 unspecified atom stereocenters. The van der Waals surface area contributed by atoms with Gasteiger partial charge in [-0.3, -0.25) is 9.59 Å². The topological polar surface area (TPSA) is 84.2 Å². The lowest BCUT2D eigenvalue weighted by Gasteiger charge is -2.27. The van der Waals surface area contributed by atoms with Gasteiger partial charge in [-0.1, -0.05) is 6.07 Å². The normalized spacial score (nSPS) is 21.8. The minimum Gasteiger partial charge on any atom is -0.353 e. The molecule has 0 heterocycles. The van der Waals surface area contributed by atoms with Crippen molar-refractivity contribution < 1.29 is 18.4 Å². The first-order valence-electron chi connectivity index (χ1n) is 8.12. The van der Waals surface area contributed by atoms with Crippen molar-refractivity contribution in [3.8, 4) is 0 Å². The van der Waals surface area contributed by atoms with Crippen molar-refractivity contribution in [2.75, 3.05) is 0 Å². The van der Waals surface area contributed by atoms with Crippen molar-refractivity contribution in [1.29, 1.82) is 0 Å². The number of carbonyl (C=O) groups excluding carboxylic acids is 2. The van der Waals surface area contributed by atoms with E-state index in [1.54, 1.807) is 0 Å². The summed E-state index contributed by atoms with van der Waals surface area (Å²) in [6.45, 7) is 1.29. The van der Waals surface area contributed by atoms with Crippen LogP contribution in [0.5, 0.6) is 0 Å². The van der Waals surface area contributed by atoms with Gasteiger partial charge in [-0.25, -0.2) is 8.78 Å². The fourth-order valence-electron chi connectivity index (χ4n) is 3.00. The molecular formula is C17H23F2N3O2. The van der Waals surface area contributed by atoms with Crippen LogP contribution in [0.25, 0.3) is 0 Å². The maximum Gasteiger partial charge on any atom is 0.222 e. The van der Waals surface area contributed by atoms with E-state index in [1.807, 2.05) is 0 Å². The van der Waals surface area contributed by atoms with Gasteiger partial charge in [0.25, 0.3) is 0 Å². The zero-order valence-corrected chi connectivity index (χ0v) is 13.6. The van der Waals surface area contributed by atoms with Crippen molar-refractivity contribution in [3.05, 3.63) is 35.4 Å². The first-order chi connectivity index (χ1) is 11.3. The SMILES string of the molecule is CC(=O)NC(CC(=O)NC1CCC(N)CC1)c1ccc(F)cc1F. The molecule has 2 amide bonds. The number of nitrogens with one attached hydrogen (secondary N) is 2. The second-order valence-corrected chi connectivity index (χ2v) is 6.30. The van der Waals surface area contributed by atoms with Gasteiger partial charge in [0.15, 0.2) is 0 Å². The van der Waals surface area contributed by atoms with Crippen LogP contribution in [0.3, 0.4) is 0 Å². The molecular weight excluding hydrogens is 316 g/mol. The third-order valence-corrected chi connectivity index (χ3v) is 4.24. The largest absolute Gasteiger partial charge is 0.353 e. The van der Waals surface area contributed by atoms with E-state index >= 15 is 0 Å². The number of hydrogen-bond acceptors (Lipinski definition) is 3. The summed E-state index contributed by atoms with van der Waals surface area (Å²) in [6, 6.07) is 2.48. The lowest BCUT2D eigenvalue weighted by Crippen LogP contribution is -2.42. The Morgan fingerprint density at radius 3 is 2.50 bits per heavy atom. The Bertz CT molecular complexity index is 601. The zero-order valence-electron chi connectivity index (χ0n) is 13.6. The van der Waals surface area contributed by atoms with E-state index in [-0.39, 0.29) is 35.9 Å². The number of amides is 2. The van der Waals surface area contributed by atoms with E-state index in [0.717, 1.165) is 37.8 Å². The molecule has 1 fully saturated rings. The van der Waals surface area contributed by atoms with Gasteiger partial charge in [0, 0.05) is 30.6 Å². The van der Waals surface area contributed by atoms with Crippen LogP contribution in [0.2, 0.25) is 0 Å². The minimum absolute atomic E-state index is 0.0494. The van der Waals surface area contributed by atoms with E-state index in [4.69, 9.17) is 5.73 Å². The second-order valence-electron chi connectivity index (χ2n) is 6.30. The summed E-state index contributed by atoms with van der Waals surface area (Å²) < 4.78 is 27.0. The molecule has 7 heteroatoms. The Morgan fingerprint density at radius 2 is 1.92 bits per heavy atom. The maximum atomic E-state index is 14.0. The molecule has 1 aromatic rings. The van der Waals surface area contributed by atoms with Gasteiger partial charge in [0.2, 0.25) is 11.8 Å². The standard InChI is InChI=1S/C17H23F2N3O2/c1-10(23)21-16(14-7-2-11(18)8-15(14)19)9-17(24)22-13-5-3-12(20)4-6-13/h2,7-8,12-13,16H,3-6,9,20H2,1H3,(H,21,23)(H,22,24). The Kier molecular flexibility index (Phi) is 6.25. The minimum atomic E-state index is -0.839. The number of benzene rings is 1. The molecule has 0 aromatic heterocycles. The number of rotatable bonds is 5. The molecule has 1 aromatic carbocycles. The molecule has 0 aliphatic heterocycles. The quantitative estimate of drug-likeness (QED) is 0.766. The molecule has 0 bridgehead atoms. The van der Waals surface area contributed by atoms with Crippen molar-refractivity contribution in [3.63, 3.8) is 0 Å². The lowest BCUT2D eigenvalue weighted by molar-refractivity contribution is -0.123. The monoisotopic (exact) mass is 339 g/mol. The molecule has 1 saturated carbocycles. The highest BCUT2D eigenvalue weighted by Crippen LogP contribution is 2.22. The highest BCUT2D eigenvalue weighted by Gasteiger charge is 2.24. The molecule has 0 spiro atoms. The zero-order chi connectivity index (χ0) is 17.7. The van der Waals surface area contributed by atoms with Crippen molar-refractivity contribution >= 4 is 11.8 Å². The number of halogens is 2. The van der Waals surface area contributed by atoms with Crippen LogP contribution in [-0.4, -0.2) is 23.9 Å². The predicted octanol–water partition coefficient (Wildman–Crippen LogP) is 1.92. The van der Waals surface area contributed by atoms with E-state index in [2.05, 4.69) is 10.6 Å². The third-order valence-electron chi connectivity index (χ3n) is 4.24. The molecule has 0 saturated heterocycles. The summed E-state index contributed by atoms with van der Waals surface area (Å²) in [5.41, 5.74) is 5.93. The fraction of sp³-hybridized carbons (Fsp3) is 0.529. The summed E-state index contributed by atoms with van der Waals surface area (Å²) in [5, 5.41) is 5.45. The van der Waals surface area contributed by atoms with Gasteiger partial charge in [0.1, 0.15) is 11.6 Å². The van der Waals surface area contributed by atoms with Crippen molar-refractivity contribution in [2.24, 2.45) is 5.73 Å². The Balaban J connectivity index is 2.02. The van der Waals surface area contributed by atoms with Crippen molar-refractivity contribution in [1.82, 2.24) is 10.6 Å². The molecule has 4 N–H and O–H groups in total. The molecule has 1 atom stereocenters. The highest BCUT2D eigenvalue weighted by molar-refractivity contribution is 5.79. The van der Waals surface area contributed by atoms with Crippen LogP contribution in [-0.2, 0) is 9.59 Å². The lowest BCUT2D eigenvalue weighted by atomic mass is 9.91. The molecule has 1 aliphatic carbocycles. The number of nitrogens with two attached hydrogens (primary N) is 1. The Labute approximate surface area is 140 Å². The van der Waals surface area contributed by atoms with Crippen molar-refractivity contribution in [2.45, 2.75) is 57.2 Å². The van der Waals surface area contributed by atoms with Crippen LogP contribution in [0, 0.1) is 11.6 Å². The van der Waals surface area contributed by atoms with E-state index in [1.165, 1.54) is 13.0 Å². The van der Waals surface area contributed by atoms with Gasteiger partial charge < -0.3 is 16.4 Å². The smallest absolute Gasteiger partial charge is 0.222 e. The fourth-order valence-corrected chi connectivity index (χ4v) is 3.00. The first-order valence-corrected chi connectivity index (χ1v) is 8.12. The highest BCUT2D eigenvalue weighted by atomic mass is 19.1. The maximum absolute atomic E-state index is 14.0. The molecule has 132 valence electrons. The molecule has 0 radical (unpaired) electrons. The molecule has 2 rings (SSSR count). The third kappa shape index (κ3) is 5.26. The van der Waals surface area contributed by atoms with Crippen LogP contribution in [0.4, 0.5) is 8.78 Å².